The van der Waals surface area contributed by atoms with E-state index < -0.39 is 10.9 Å². The first-order chi connectivity index (χ1) is 11.1. The molecule has 3 rings (SSSR count). The Labute approximate surface area is 132 Å². The first kappa shape index (κ1) is 15.4. The van der Waals surface area contributed by atoms with Crippen LogP contribution in [0.5, 0.6) is 5.75 Å². The Balaban J connectivity index is 2.01. The molecule has 0 N–H and O–H groups in total. The predicted molar refractivity (Wildman–Crippen MR) is 79.0 cm³/mol. The van der Waals surface area contributed by atoms with Gasteiger partial charge in [-0.05, 0) is 6.07 Å². The highest BCUT2D eigenvalue weighted by molar-refractivity contribution is 5.83. The molecule has 1 aromatic carbocycles. The average Bonchev–Trinajstić information content (AvgIpc) is 2.92. The molecular weight excluding hydrogens is 304 g/mol. The molecule has 8 heteroatoms. The Kier molecular flexibility index (Phi) is 4.26. The van der Waals surface area contributed by atoms with Crippen molar-refractivity contribution in [2.45, 2.75) is 6.04 Å². The van der Waals surface area contributed by atoms with Crippen LogP contribution in [0.1, 0.15) is 11.6 Å². The molecule has 0 bridgehead atoms. The fraction of sp³-hybridized carbons (Fsp3) is 0.400. The van der Waals surface area contributed by atoms with Crippen molar-refractivity contribution in [3.8, 4) is 5.75 Å². The van der Waals surface area contributed by atoms with Gasteiger partial charge in [0.05, 0.1) is 37.4 Å². The molecule has 23 heavy (non-hydrogen) atoms. The van der Waals surface area contributed by atoms with Crippen molar-refractivity contribution in [2.75, 3.05) is 33.4 Å². The number of morpholine rings is 1. The number of nitrogens with zero attached hydrogens (tertiary/aromatic N) is 2. The van der Waals surface area contributed by atoms with Gasteiger partial charge in [0.15, 0.2) is 0 Å². The van der Waals surface area contributed by atoms with Gasteiger partial charge in [-0.1, -0.05) is 0 Å². The molecular formula is C15H16N2O6. The lowest BCUT2D eigenvalue weighted by molar-refractivity contribution is -0.384. The van der Waals surface area contributed by atoms with Crippen LogP contribution in [0, 0.1) is 10.1 Å². The molecule has 2 aliphatic heterocycles. The van der Waals surface area contributed by atoms with Crippen LogP contribution in [0.4, 0.5) is 5.69 Å². The van der Waals surface area contributed by atoms with Gasteiger partial charge in [0, 0.05) is 30.8 Å². The van der Waals surface area contributed by atoms with Gasteiger partial charge in [0.2, 0.25) is 0 Å². The third-order valence-corrected chi connectivity index (χ3v) is 3.87. The molecule has 0 radical (unpaired) electrons. The topological polar surface area (TPSA) is 91.1 Å². The summed E-state index contributed by atoms with van der Waals surface area (Å²) in [5.41, 5.74) is 0.668. The second-order valence-electron chi connectivity index (χ2n) is 5.20. The Morgan fingerprint density at radius 1 is 1.43 bits per heavy atom. The van der Waals surface area contributed by atoms with Gasteiger partial charge in [0.25, 0.3) is 5.69 Å². The standard InChI is InChI=1S/C15H16N2O6/c1-21-14(18)9-13-15(16-4-6-22-7-5-16)11-8-10(17(19)20)2-3-12(11)23-13/h2-3,8-9,15H,4-7H2,1H3. The number of nitro benzene ring substituents is 1. The molecule has 1 unspecified atom stereocenters. The van der Waals surface area contributed by atoms with E-state index in [1.54, 1.807) is 6.07 Å². The molecule has 0 saturated carbocycles. The zero-order valence-corrected chi connectivity index (χ0v) is 12.6. The number of non-ortho nitro benzene ring substituents is 1. The summed E-state index contributed by atoms with van der Waals surface area (Å²) in [5.74, 6) is 0.400. The molecule has 8 nitrogen and oxygen atoms in total. The predicted octanol–water partition coefficient (Wildman–Crippen LogP) is 1.42. The van der Waals surface area contributed by atoms with Crippen molar-refractivity contribution in [1.82, 2.24) is 4.90 Å². The van der Waals surface area contributed by atoms with E-state index in [-0.39, 0.29) is 11.7 Å². The smallest absolute Gasteiger partial charge is 0.333 e. The van der Waals surface area contributed by atoms with Crippen molar-refractivity contribution in [3.05, 3.63) is 45.7 Å². The third kappa shape index (κ3) is 3.03. The molecule has 1 fully saturated rings. The number of benzene rings is 1. The normalized spacial score (nSPS) is 22.5. The van der Waals surface area contributed by atoms with Gasteiger partial charge in [0.1, 0.15) is 11.5 Å². The molecule has 0 amide bonds. The van der Waals surface area contributed by atoms with Crippen LogP contribution < -0.4 is 4.74 Å². The highest BCUT2D eigenvalue weighted by atomic mass is 16.6. The zero-order valence-electron chi connectivity index (χ0n) is 12.6. The van der Waals surface area contributed by atoms with E-state index >= 15 is 0 Å². The Hall–Kier alpha value is -2.45. The van der Waals surface area contributed by atoms with E-state index in [1.807, 2.05) is 0 Å². The van der Waals surface area contributed by atoms with Crippen molar-refractivity contribution >= 4 is 11.7 Å². The van der Waals surface area contributed by atoms with Crippen molar-refractivity contribution in [2.24, 2.45) is 0 Å². The lowest BCUT2D eigenvalue weighted by atomic mass is 10.0. The van der Waals surface area contributed by atoms with Gasteiger partial charge in [-0.2, -0.15) is 0 Å². The number of ether oxygens (including phenoxy) is 3. The average molecular weight is 320 g/mol. The summed E-state index contributed by atoms with van der Waals surface area (Å²) >= 11 is 0. The van der Waals surface area contributed by atoms with Gasteiger partial charge in [-0.15, -0.1) is 0 Å². The number of fused-ring (bicyclic) bond motifs is 1. The van der Waals surface area contributed by atoms with Crippen LogP contribution in [-0.4, -0.2) is 49.2 Å². The number of esters is 1. The van der Waals surface area contributed by atoms with E-state index in [0.29, 0.717) is 43.4 Å². The van der Waals surface area contributed by atoms with Crippen LogP contribution in [0.25, 0.3) is 0 Å². The van der Waals surface area contributed by atoms with Crippen LogP contribution in [0.3, 0.4) is 0 Å². The number of methoxy groups -OCH3 is 1. The Bertz CT molecular complexity index is 666. The van der Waals surface area contributed by atoms with Crippen molar-refractivity contribution < 1.29 is 23.9 Å². The molecule has 0 spiro atoms. The molecule has 2 heterocycles. The van der Waals surface area contributed by atoms with Crippen LogP contribution in [-0.2, 0) is 14.3 Å². The van der Waals surface area contributed by atoms with E-state index in [1.165, 1.54) is 25.3 Å². The van der Waals surface area contributed by atoms with Gasteiger partial charge >= 0.3 is 5.97 Å². The van der Waals surface area contributed by atoms with Crippen molar-refractivity contribution in [1.29, 1.82) is 0 Å². The minimum Gasteiger partial charge on any atom is -0.466 e. The van der Waals surface area contributed by atoms with Crippen LogP contribution in [0.2, 0.25) is 0 Å². The minimum atomic E-state index is -0.527. The van der Waals surface area contributed by atoms with E-state index in [2.05, 4.69) is 9.64 Å². The second-order valence-corrected chi connectivity index (χ2v) is 5.20. The zero-order chi connectivity index (χ0) is 16.4. The minimum absolute atomic E-state index is 0.00933. The highest BCUT2D eigenvalue weighted by Crippen LogP contribution is 2.44. The lowest BCUT2D eigenvalue weighted by Crippen LogP contribution is -2.39. The van der Waals surface area contributed by atoms with E-state index in [9.17, 15) is 14.9 Å². The molecule has 0 aliphatic carbocycles. The van der Waals surface area contributed by atoms with Gasteiger partial charge in [-0.3, -0.25) is 15.0 Å². The molecule has 0 aromatic heterocycles. The number of carbonyl (C=O) groups excluding carboxylic acids is 1. The maximum absolute atomic E-state index is 11.6. The van der Waals surface area contributed by atoms with Gasteiger partial charge < -0.3 is 14.2 Å². The first-order valence-electron chi connectivity index (χ1n) is 7.17. The first-order valence-corrected chi connectivity index (χ1v) is 7.17. The molecule has 2 aliphatic rings. The number of nitro groups is 1. The fourth-order valence-corrected chi connectivity index (χ4v) is 2.79. The van der Waals surface area contributed by atoms with Crippen LogP contribution >= 0.6 is 0 Å². The highest BCUT2D eigenvalue weighted by Gasteiger charge is 2.37. The molecule has 1 saturated heterocycles. The lowest BCUT2D eigenvalue weighted by Gasteiger charge is -2.31. The van der Waals surface area contributed by atoms with Gasteiger partial charge in [-0.25, -0.2) is 4.79 Å². The molecule has 1 aromatic rings. The summed E-state index contributed by atoms with van der Waals surface area (Å²) in [6.07, 6.45) is 1.28. The summed E-state index contributed by atoms with van der Waals surface area (Å²) in [4.78, 5) is 24.3. The third-order valence-electron chi connectivity index (χ3n) is 3.87. The summed E-state index contributed by atoms with van der Waals surface area (Å²) in [5, 5.41) is 11.0. The summed E-state index contributed by atoms with van der Waals surface area (Å²) < 4.78 is 15.7. The monoisotopic (exact) mass is 320 g/mol. The maximum atomic E-state index is 11.6. The van der Waals surface area contributed by atoms with Crippen molar-refractivity contribution in [3.63, 3.8) is 0 Å². The molecule has 1 atom stereocenters. The largest absolute Gasteiger partial charge is 0.466 e. The fourth-order valence-electron chi connectivity index (χ4n) is 2.79. The SMILES string of the molecule is COC(=O)C=C1Oc2ccc([N+](=O)[O-])cc2C1N1CCOCC1. The second kappa shape index (κ2) is 6.35. The maximum Gasteiger partial charge on any atom is 0.333 e. The van der Waals surface area contributed by atoms with E-state index in [4.69, 9.17) is 9.47 Å². The van der Waals surface area contributed by atoms with E-state index in [0.717, 1.165) is 0 Å². The number of hydrogen-bond donors (Lipinski definition) is 0. The Morgan fingerprint density at radius 2 is 2.17 bits per heavy atom. The molecule has 122 valence electrons. The summed E-state index contributed by atoms with van der Waals surface area (Å²) in [6.45, 7) is 2.42. The number of rotatable bonds is 3. The quantitative estimate of drug-likeness (QED) is 0.360. The summed E-state index contributed by atoms with van der Waals surface area (Å²) in [7, 11) is 1.29. The number of carbonyl (C=O) groups is 1. The Morgan fingerprint density at radius 3 is 2.83 bits per heavy atom. The number of hydrogen-bond acceptors (Lipinski definition) is 7. The van der Waals surface area contributed by atoms with Crippen LogP contribution in [0.15, 0.2) is 30.0 Å². The summed E-state index contributed by atoms with van der Waals surface area (Å²) in [6, 6.07) is 4.08.